The van der Waals surface area contributed by atoms with Crippen LogP contribution < -0.4 is 0 Å². The van der Waals surface area contributed by atoms with Gasteiger partial charge in [-0.25, -0.2) is 0 Å². The normalized spacial score (nSPS) is 23.3. The molecule has 1 aliphatic rings. The highest BCUT2D eigenvalue weighted by Gasteiger charge is 2.62. The first kappa shape index (κ1) is 13.3. The van der Waals surface area contributed by atoms with Crippen molar-refractivity contribution in [3.05, 3.63) is 46.0 Å². The van der Waals surface area contributed by atoms with Gasteiger partial charge in [0.15, 0.2) is 5.82 Å². The molecule has 4 nitrogen and oxygen atoms in total. The molecule has 20 heavy (non-hydrogen) atoms. The van der Waals surface area contributed by atoms with Crippen LogP contribution in [-0.4, -0.2) is 10.1 Å². The highest BCUT2D eigenvalue weighted by Crippen LogP contribution is 2.63. The Morgan fingerprint density at radius 1 is 1.40 bits per heavy atom. The highest BCUT2D eigenvalue weighted by molar-refractivity contribution is 9.10. The summed E-state index contributed by atoms with van der Waals surface area (Å²) in [5.74, 6) is 1.28. The summed E-state index contributed by atoms with van der Waals surface area (Å²) in [5.41, 5.74) is 1.05. The fourth-order valence-corrected chi connectivity index (χ4v) is 3.04. The van der Waals surface area contributed by atoms with Gasteiger partial charge in [0.1, 0.15) is 0 Å². The molecule has 0 N–H and O–H groups in total. The van der Waals surface area contributed by atoms with Crippen LogP contribution in [0.25, 0.3) is 0 Å². The fourth-order valence-electron chi connectivity index (χ4n) is 2.62. The number of hydrogen-bond donors (Lipinski definition) is 0. The molecule has 5 heteroatoms. The summed E-state index contributed by atoms with van der Waals surface area (Å²) in [4.78, 5) is 4.45. The van der Waals surface area contributed by atoms with Crippen molar-refractivity contribution >= 4 is 15.9 Å². The zero-order valence-electron chi connectivity index (χ0n) is 11.3. The van der Waals surface area contributed by atoms with Crippen molar-refractivity contribution in [3.8, 4) is 6.07 Å². The van der Waals surface area contributed by atoms with Gasteiger partial charge in [0.25, 0.3) is 0 Å². The van der Waals surface area contributed by atoms with E-state index in [-0.39, 0.29) is 17.3 Å². The van der Waals surface area contributed by atoms with Gasteiger partial charge in [-0.1, -0.05) is 53.1 Å². The number of benzene rings is 1. The first-order valence-electron chi connectivity index (χ1n) is 6.49. The van der Waals surface area contributed by atoms with Gasteiger partial charge < -0.3 is 4.52 Å². The Bertz CT molecular complexity index is 686. The third kappa shape index (κ3) is 2.14. The maximum absolute atomic E-state index is 9.11. The summed E-state index contributed by atoms with van der Waals surface area (Å²) in [5, 5.41) is 13.1. The average molecular weight is 332 g/mol. The predicted molar refractivity (Wildman–Crippen MR) is 76.9 cm³/mol. The Balaban J connectivity index is 1.79. The van der Waals surface area contributed by atoms with Crippen LogP contribution in [0, 0.1) is 22.7 Å². The second-order valence-electron chi connectivity index (χ2n) is 5.72. The van der Waals surface area contributed by atoms with Crippen LogP contribution in [0.5, 0.6) is 0 Å². The molecule has 0 bridgehead atoms. The van der Waals surface area contributed by atoms with Gasteiger partial charge in [-0.15, -0.1) is 0 Å². The van der Waals surface area contributed by atoms with E-state index >= 15 is 0 Å². The molecule has 1 fully saturated rings. The molecule has 0 saturated heterocycles. The molecule has 2 unspecified atom stereocenters. The highest BCUT2D eigenvalue weighted by atomic mass is 79.9. The summed E-state index contributed by atoms with van der Waals surface area (Å²) in [6, 6.07) is 10.3. The first-order chi connectivity index (χ1) is 9.54. The van der Waals surface area contributed by atoms with E-state index in [1.165, 1.54) is 0 Å². The van der Waals surface area contributed by atoms with Crippen LogP contribution in [0.3, 0.4) is 0 Å². The molecule has 1 heterocycles. The lowest BCUT2D eigenvalue weighted by molar-refractivity contribution is 0.363. The SMILES string of the molecule is CC1(C)C(C#N)C1c1nc(Cc2ccccc2Br)no1. The quantitative estimate of drug-likeness (QED) is 0.860. The van der Waals surface area contributed by atoms with E-state index in [2.05, 4.69) is 46.0 Å². The zero-order chi connectivity index (χ0) is 14.3. The van der Waals surface area contributed by atoms with Crippen molar-refractivity contribution < 1.29 is 4.52 Å². The molecule has 0 radical (unpaired) electrons. The number of nitrogens with zero attached hydrogens (tertiary/aromatic N) is 3. The molecular weight excluding hydrogens is 318 g/mol. The molecule has 1 aliphatic carbocycles. The third-order valence-electron chi connectivity index (χ3n) is 4.02. The van der Waals surface area contributed by atoms with E-state index in [4.69, 9.17) is 9.78 Å². The van der Waals surface area contributed by atoms with Crippen LogP contribution in [0.1, 0.15) is 37.0 Å². The molecule has 3 rings (SSSR count). The Kier molecular flexibility index (Phi) is 3.14. The van der Waals surface area contributed by atoms with E-state index in [0.29, 0.717) is 18.1 Å². The van der Waals surface area contributed by atoms with Crippen molar-refractivity contribution in [1.82, 2.24) is 10.1 Å². The lowest BCUT2D eigenvalue weighted by Crippen LogP contribution is -1.93. The second-order valence-corrected chi connectivity index (χ2v) is 6.58. The Labute approximate surface area is 125 Å². The summed E-state index contributed by atoms with van der Waals surface area (Å²) >= 11 is 3.51. The molecule has 102 valence electrons. The summed E-state index contributed by atoms with van der Waals surface area (Å²) < 4.78 is 6.38. The van der Waals surface area contributed by atoms with E-state index in [9.17, 15) is 0 Å². The molecule has 0 spiro atoms. The largest absolute Gasteiger partial charge is 0.339 e. The van der Waals surface area contributed by atoms with Crippen molar-refractivity contribution in [2.24, 2.45) is 11.3 Å². The van der Waals surface area contributed by atoms with Gasteiger partial charge in [0.05, 0.1) is 17.9 Å². The van der Waals surface area contributed by atoms with Gasteiger partial charge in [-0.05, 0) is 17.0 Å². The predicted octanol–water partition coefficient (Wildman–Crippen LogP) is 3.69. The van der Waals surface area contributed by atoms with E-state index in [1.807, 2.05) is 24.3 Å². The molecule has 0 amide bonds. The van der Waals surface area contributed by atoms with Gasteiger partial charge in [0.2, 0.25) is 5.89 Å². The van der Waals surface area contributed by atoms with Crippen molar-refractivity contribution in [2.75, 3.05) is 0 Å². The van der Waals surface area contributed by atoms with E-state index in [1.54, 1.807) is 0 Å². The Morgan fingerprint density at radius 2 is 2.15 bits per heavy atom. The smallest absolute Gasteiger partial charge is 0.231 e. The minimum atomic E-state index is -0.0636. The van der Waals surface area contributed by atoms with Crippen LogP contribution in [0.4, 0.5) is 0 Å². The van der Waals surface area contributed by atoms with Gasteiger partial charge in [0, 0.05) is 10.9 Å². The lowest BCUT2D eigenvalue weighted by Gasteiger charge is -1.99. The minimum Gasteiger partial charge on any atom is -0.339 e. The molecule has 1 saturated carbocycles. The summed E-state index contributed by atoms with van der Waals surface area (Å²) in [6.07, 6.45) is 0.620. The van der Waals surface area contributed by atoms with E-state index in [0.717, 1.165) is 10.0 Å². The van der Waals surface area contributed by atoms with Crippen LogP contribution in [0.15, 0.2) is 33.3 Å². The topological polar surface area (TPSA) is 62.7 Å². The molecule has 0 aliphatic heterocycles. The maximum Gasteiger partial charge on any atom is 0.231 e. The molecule has 1 aromatic heterocycles. The van der Waals surface area contributed by atoms with Gasteiger partial charge >= 0.3 is 0 Å². The number of aromatic nitrogens is 2. The average Bonchev–Trinajstić information content (AvgIpc) is 2.75. The Morgan fingerprint density at radius 3 is 2.80 bits per heavy atom. The van der Waals surface area contributed by atoms with Crippen LogP contribution in [-0.2, 0) is 6.42 Å². The minimum absolute atomic E-state index is 0.0285. The molecule has 2 aromatic rings. The number of halogens is 1. The number of hydrogen-bond acceptors (Lipinski definition) is 4. The summed E-state index contributed by atoms with van der Waals surface area (Å²) in [7, 11) is 0. The third-order valence-corrected chi connectivity index (χ3v) is 4.80. The Hall–Kier alpha value is -1.67. The van der Waals surface area contributed by atoms with Crippen molar-refractivity contribution in [1.29, 1.82) is 5.26 Å². The van der Waals surface area contributed by atoms with Crippen LogP contribution in [0.2, 0.25) is 0 Å². The van der Waals surface area contributed by atoms with Gasteiger partial charge in [-0.2, -0.15) is 10.2 Å². The van der Waals surface area contributed by atoms with Crippen LogP contribution >= 0.6 is 15.9 Å². The lowest BCUT2D eigenvalue weighted by atomic mass is 10.1. The van der Waals surface area contributed by atoms with Crippen molar-refractivity contribution in [2.45, 2.75) is 26.2 Å². The molecule has 2 atom stereocenters. The zero-order valence-corrected chi connectivity index (χ0v) is 12.9. The maximum atomic E-state index is 9.11. The first-order valence-corrected chi connectivity index (χ1v) is 7.29. The molecular formula is C15H14BrN3O. The van der Waals surface area contributed by atoms with Crippen molar-refractivity contribution in [3.63, 3.8) is 0 Å². The monoisotopic (exact) mass is 331 g/mol. The van der Waals surface area contributed by atoms with Gasteiger partial charge in [-0.3, -0.25) is 0 Å². The fraction of sp³-hybridized carbons (Fsp3) is 0.400. The standard InChI is InChI=1S/C15H14BrN3O/c1-15(2)10(8-17)13(15)14-18-12(19-20-14)7-9-5-3-4-6-11(9)16/h3-6,10,13H,7H2,1-2H3. The summed E-state index contributed by atoms with van der Waals surface area (Å²) in [6.45, 7) is 4.12. The second kappa shape index (κ2) is 4.71. The number of rotatable bonds is 3. The molecule has 1 aromatic carbocycles. The number of nitriles is 1. The van der Waals surface area contributed by atoms with E-state index < -0.39 is 0 Å².